The molecule has 0 radical (unpaired) electrons. The van der Waals surface area contributed by atoms with Crippen LogP contribution in [-0.2, 0) is 21.1 Å². The smallest absolute Gasteiger partial charge is 0.314 e. The number of fused-ring (bicyclic) bond motifs is 1. The zero-order valence-corrected chi connectivity index (χ0v) is 15.6. The van der Waals surface area contributed by atoms with E-state index in [1.807, 2.05) is 26.0 Å². The lowest BCUT2D eigenvalue weighted by Crippen LogP contribution is -2.40. The highest BCUT2D eigenvalue weighted by atomic mass is 35.5. The van der Waals surface area contributed by atoms with Gasteiger partial charge in [-0.25, -0.2) is 4.68 Å². The summed E-state index contributed by atoms with van der Waals surface area (Å²) in [4.78, 5) is 24.4. The average Bonchev–Trinajstić information content (AvgIpc) is 3.17. The van der Waals surface area contributed by atoms with Gasteiger partial charge < -0.3 is 10.6 Å². The molecule has 0 saturated heterocycles. The Morgan fingerprint density at radius 1 is 1.36 bits per heavy atom. The maximum atomic E-state index is 12.3. The Bertz CT molecular complexity index is 821. The third kappa shape index (κ3) is 3.82. The van der Waals surface area contributed by atoms with Gasteiger partial charge in [-0.15, -0.1) is 0 Å². The minimum atomic E-state index is -0.692. The number of nitrogens with one attached hydrogen (secondary N) is 2. The van der Waals surface area contributed by atoms with Gasteiger partial charge >= 0.3 is 11.8 Å². The number of amides is 2. The first kappa shape index (κ1) is 17.8. The average molecular weight is 379 g/mol. The predicted octanol–water partition coefficient (Wildman–Crippen LogP) is 3.13. The number of halogens is 1. The van der Waals surface area contributed by atoms with Crippen molar-refractivity contribution in [2.45, 2.75) is 37.8 Å². The highest BCUT2D eigenvalue weighted by Crippen LogP contribution is 2.36. The summed E-state index contributed by atoms with van der Waals surface area (Å²) in [6.45, 7) is 3.80. The van der Waals surface area contributed by atoms with Crippen LogP contribution >= 0.6 is 23.4 Å². The second-order valence-corrected chi connectivity index (χ2v) is 7.32. The van der Waals surface area contributed by atoms with Crippen LogP contribution in [0.2, 0.25) is 5.02 Å². The van der Waals surface area contributed by atoms with Crippen molar-refractivity contribution in [1.82, 2.24) is 15.1 Å². The Labute approximate surface area is 155 Å². The van der Waals surface area contributed by atoms with Crippen molar-refractivity contribution < 1.29 is 9.59 Å². The molecule has 0 bridgehead atoms. The monoisotopic (exact) mass is 378 g/mol. The fraction of sp³-hybridized carbons (Fsp3) is 0.353. The minimum absolute atomic E-state index is 0.0580. The summed E-state index contributed by atoms with van der Waals surface area (Å²) < 4.78 is 1.64. The molecule has 1 aromatic carbocycles. The molecule has 2 aromatic rings. The van der Waals surface area contributed by atoms with E-state index in [1.165, 1.54) is 0 Å². The van der Waals surface area contributed by atoms with E-state index in [0.29, 0.717) is 10.8 Å². The summed E-state index contributed by atoms with van der Waals surface area (Å²) in [5, 5.41) is 10.6. The van der Waals surface area contributed by atoms with Gasteiger partial charge in [0.2, 0.25) is 0 Å². The lowest BCUT2D eigenvalue weighted by molar-refractivity contribution is -0.136. The summed E-state index contributed by atoms with van der Waals surface area (Å²) in [7, 11) is 0. The van der Waals surface area contributed by atoms with E-state index in [0.717, 1.165) is 34.9 Å². The number of carbonyl (C=O) groups is 2. The number of aromatic nitrogens is 2. The third-order valence-electron chi connectivity index (χ3n) is 4.03. The first-order chi connectivity index (χ1) is 12.0. The van der Waals surface area contributed by atoms with E-state index >= 15 is 0 Å². The quantitative estimate of drug-likeness (QED) is 0.801. The molecular weight excluding hydrogens is 360 g/mol. The van der Waals surface area contributed by atoms with E-state index in [-0.39, 0.29) is 6.04 Å². The van der Waals surface area contributed by atoms with Crippen LogP contribution < -0.4 is 10.6 Å². The summed E-state index contributed by atoms with van der Waals surface area (Å²) in [6, 6.07) is 7.16. The number of benzene rings is 1. The van der Waals surface area contributed by atoms with Crippen molar-refractivity contribution >= 4 is 41.0 Å². The van der Waals surface area contributed by atoms with Gasteiger partial charge in [0, 0.05) is 28.1 Å². The molecule has 3 rings (SSSR count). The molecule has 1 aliphatic rings. The molecule has 1 aliphatic heterocycles. The Morgan fingerprint density at radius 2 is 2.16 bits per heavy atom. The first-order valence-electron chi connectivity index (χ1n) is 8.06. The summed E-state index contributed by atoms with van der Waals surface area (Å²) in [5.74, 6) is 0.728. The number of thioether (sulfide) groups is 1. The largest absolute Gasteiger partial charge is 0.345 e. The third-order valence-corrected chi connectivity index (χ3v) is 5.24. The first-order valence-corrected chi connectivity index (χ1v) is 9.59. The molecule has 2 heterocycles. The van der Waals surface area contributed by atoms with Crippen molar-refractivity contribution in [3.05, 3.63) is 40.5 Å². The van der Waals surface area contributed by atoms with Crippen LogP contribution in [0.15, 0.2) is 24.3 Å². The van der Waals surface area contributed by atoms with Crippen LogP contribution in [0, 0.1) is 0 Å². The molecule has 0 unspecified atom stereocenters. The molecule has 1 atom stereocenters. The molecule has 0 saturated carbocycles. The number of hydrogen-bond acceptors (Lipinski definition) is 4. The fourth-order valence-electron chi connectivity index (χ4n) is 2.49. The number of rotatable bonds is 4. The Kier molecular flexibility index (Phi) is 5.34. The minimum Gasteiger partial charge on any atom is -0.345 e. The second kappa shape index (κ2) is 7.49. The van der Waals surface area contributed by atoms with Crippen LogP contribution in [0.5, 0.6) is 0 Å². The van der Waals surface area contributed by atoms with Crippen molar-refractivity contribution in [1.29, 1.82) is 0 Å². The maximum Gasteiger partial charge on any atom is 0.314 e. The molecule has 2 N–H and O–H groups in total. The van der Waals surface area contributed by atoms with Gasteiger partial charge in [0.1, 0.15) is 5.82 Å². The van der Waals surface area contributed by atoms with Gasteiger partial charge in [-0.1, -0.05) is 24.6 Å². The molecule has 0 aliphatic carbocycles. The molecule has 25 heavy (non-hydrogen) atoms. The van der Waals surface area contributed by atoms with Crippen LogP contribution in [0.25, 0.3) is 5.69 Å². The summed E-state index contributed by atoms with van der Waals surface area (Å²) in [6.07, 6.45) is 0.755. The van der Waals surface area contributed by atoms with Crippen molar-refractivity contribution in [3.63, 3.8) is 0 Å². The standard InChI is InChI=1S/C17H19ClN4O2S/c1-3-10(2)19-16(23)17(24)20-15-13-8-25-9-14(13)21-22(15)12-6-4-5-11(18)7-12/h4-7,10H,3,8-9H2,1-2H3,(H,19,23)(H,20,24)/t10-/m0/s1. The normalized spacial score (nSPS) is 14.0. The second-order valence-electron chi connectivity index (χ2n) is 5.90. The van der Waals surface area contributed by atoms with Crippen LogP contribution in [0.4, 0.5) is 5.82 Å². The van der Waals surface area contributed by atoms with E-state index < -0.39 is 11.8 Å². The van der Waals surface area contributed by atoms with Crippen molar-refractivity contribution in [3.8, 4) is 5.69 Å². The van der Waals surface area contributed by atoms with Gasteiger partial charge in [-0.05, 0) is 31.5 Å². The molecule has 1 aromatic heterocycles. The van der Waals surface area contributed by atoms with Gasteiger partial charge in [0.05, 0.1) is 11.4 Å². The molecule has 8 heteroatoms. The number of hydrogen-bond donors (Lipinski definition) is 2. The van der Waals surface area contributed by atoms with Crippen LogP contribution in [0.1, 0.15) is 31.5 Å². The highest BCUT2D eigenvalue weighted by Gasteiger charge is 2.26. The topological polar surface area (TPSA) is 76.0 Å². The number of nitrogens with zero attached hydrogens (tertiary/aromatic N) is 2. The van der Waals surface area contributed by atoms with Gasteiger partial charge in [0.25, 0.3) is 0 Å². The molecule has 0 fully saturated rings. The molecule has 6 nitrogen and oxygen atoms in total. The molecule has 0 spiro atoms. The predicted molar refractivity (Wildman–Crippen MR) is 100 cm³/mol. The Hall–Kier alpha value is -1.99. The SMILES string of the molecule is CC[C@H](C)NC(=O)C(=O)Nc1c2c(nn1-c1cccc(Cl)c1)CSC2. The molecule has 2 amide bonds. The van der Waals surface area contributed by atoms with E-state index in [9.17, 15) is 9.59 Å². The number of anilines is 1. The fourth-order valence-corrected chi connectivity index (χ4v) is 3.71. The number of carbonyl (C=O) groups excluding carboxylic acids is 2. The van der Waals surface area contributed by atoms with Gasteiger partial charge in [-0.3, -0.25) is 9.59 Å². The summed E-state index contributed by atoms with van der Waals surface area (Å²) in [5.41, 5.74) is 2.61. The highest BCUT2D eigenvalue weighted by molar-refractivity contribution is 7.98. The zero-order chi connectivity index (χ0) is 18.0. The van der Waals surface area contributed by atoms with Crippen LogP contribution in [-0.4, -0.2) is 27.6 Å². The maximum absolute atomic E-state index is 12.3. The molecular formula is C17H19ClN4O2S. The van der Waals surface area contributed by atoms with E-state index in [4.69, 9.17) is 11.6 Å². The Morgan fingerprint density at radius 3 is 2.88 bits per heavy atom. The van der Waals surface area contributed by atoms with Crippen molar-refractivity contribution in [2.24, 2.45) is 0 Å². The summed E-state index contributed by atoms with van der Waals surface area (Å²) >= 11 is 7.80. The van der Waals surface area contributed by atoms with Gasteiger partial charge in [-0.2, -0.15) is 16.9 Å². The lowest BCUT2D eigenvalue weighted by atomic mass is 10.2. The lowest BCUT2D eigenvalue weighted by Gasteiger charge is -2.13. The molecule has 132 valence electrons. The van der Waals surface area contributed by atoms with Crippen molar-refractivity contribution in [2.75, 3.05) is 5.32 Å². The van der Waals surface area contributed by atoms with Crippen LogP contribution in [0.3, 0.4) is 0 Å². The van der Waals surface area contributed by atoms with E-state index in [2.05, 4.69) is 15.7 Å². The zero-order valence-electron chi connectivity index (χ0n) is 14.0. The Balaban J connectivity index is 1.90. The van der Waals surface area contributed by atoms with Gasteiger partial charge in [0.15, 0.2) is 0 Å². The van der Waals surface area contributed by atoms with E-state index in [1.54, 1.807) is 28.6 Å².